The van der Waals surface area contributed by atoms with Crippen molar-refractivity contribution in [1.82, 2.24) is 10.3 Å². The third-order valence-electron chi connectivity index (χ3n) is 3.14. The second-order valence-corrected chi connectivity index (χ2v) is 7.61. The summed E-state index contributed by atoms with van der Waals surface area (Å²) in [7, 11) is -1.36. The highest BCUT2D eigenvalue weighted by Crippen LogP contribution is 2.33. The minimum Gasteiger partial charge on any atom is -0.383 e. The number of nitrogens with one attached hydrogen (secondary N) is 1. The number of hydrogen-bond acceptors (Lipinski definition) is 6. The molecule has 1 aliphatic heterocycles. The van der Waals surface area contributed by atoms with Crippen molar-refractivity contribution >= 4 is 21.2 Å². The molecule has 1 unspecified atom stereocenters. The molecule has 2 rings (SSSR count). The molecule has 0 bridgehead atoms. The van der Waals surface area contributed by atoms with E-state index in [1.165, 1.54) is 11.3 Å². The van der Waals surface area contributed by atoms with E-state index in [-0.39, 0.29) is 11.5 Å². The summed E-state index contributed by atoms with van der Waals surface area (Å²) in [5.74, 6) is 0.420. The van der Waals surface area contributed by atoms with Crippen LogP contribution < -0.4 is 5.32 Å². The lowest BCUT2D eigenvalue weighted by atomic mass is 9.96. The summed E-state index contributed by atoms with van der Waals surface area (Å²) < 4.78 is 28.8. The van der Waals surface area contributed by atoms with Gasteiger partial charge in [0.1, 0.15) is 5.01 Å². The largest absolute Gasteiger partial charge is 0.383 e. The Bertz CT molecular complexity index is 472. The van der Waals surface area contributed by atoms with Crippen LogP contribution in [-0.2, 0) is 20.1 Å². The summed E-state index contributed by atoms with van der Waals surface area (Å²) in [6.45, 7) is 1.19. The van der Waals surface area contributed by atoms with Crippen LogP contribution >= 0.6 is 11.3 Å². The van der Waals surface area contributed by atoms with Crippen molar-refractivity contribution in [3.63, 3.8) is 0 Å². The Morgan fingerprint density at radius 1 is 1.61 bits per heavy atom. The minimum absolute atomic E-state index is 0.136. The fourth-order valence-corrected chi connectivity index (χ4v) is 5.15. The smallest absolute Gasteiger partial charge is 0.152 e. The second kappa shape index (κ2) is 5.64. The van der Waals surface area contributed by atoms with Crippen molar-refractivity contribution in [2.24, 2.45) is 0 Å². The van der Waals surface area contributed by atoms with Crippen LogP contribution in [-0.4, -0.2) is 45.2 Å². The number of aromatic nitrogens is 1. The van der Waals surface area contributed by atoms with Crippen molar-refractivity contribution < 1.29 is 13.2 Å². The number of methoxy groups -OCH3 is 1. The van der Waals surface area contributed by atoms with Crippen LogP contribution in [0.15, 0.2) is 11.6 Å². The summed E-state index contributed by atoms with van der Waals surface area (Å²) in [5, 5.41) is 6.09. The van der Waals surface area contributed by atoms with Gasteiger partial charge in [0.15, 0.2) is 9.84 Å². The van der Waals surface area contributed by atoms with Gasteiger partial charge in [-0.05, 0) is 12.8 Å². The van der Waals surface area contributed by atoms with Gasteiger partial charge in [-0.15, -0.1) is 11.3 Å². The quantitative estimate of drug-likeness (QED) is 0.812. The first-order chi connectivity index (χ1) is 8.58. The molecule has 1 saturated heterocycles. The zero-order chi connectivity index (χ0) is 13.1. The Morgan fingerprint density at radius 2 is 2.44 bits per heavy atom. The van der Waals surface area contributed by atoms with Crippen LogP contribution in [0, 0.1) is 0 Å². The second-order valence-electron chi connectivity index (χ2n) is 4.53. The molecule has 2 heterocycles. The Balaban J connectivity index is 2.22. The SMILES string of the molecule is COCCNC1(c2nccs2)CCCS(=O)(=O)C1. The first-order valence-electron chi connectivity index (χ1n) is 5.92. The third-order valence-corrected chi connectivity index (χ3v) is 5.96. The highest BCUT2D eigenvalue weighted by molar-refractivity contribution is 7.91. The third kappa shape index (κ3) is 3.09. The summed E-state index contributed by atoms with van der Waals surface area (Å²) in [6.07, 6.45) is 3.21. The van der Waals surface area contributed by atoms with Gasteiger partial charge in [-0.1, -0.05) is 0 Å². The molecular formula is C11H18N2O3S2. The molecule has 5 nitrogen and oxygen atoms in total. The summed E-state index contributed by atoms with van der Waals surface area (Å²) in [4.78, 5) is 4.31. The number of ether oxygens (including phenoxy) is 1. The Morgan fingerprint density at radius 3 is 3.06 bits per heavy atom. The number of thiazole rings is 1. The molecule has 0 saturated carbocycles. The number of nitrogens with zero attached hydrogens (tertiary/aromatic N) is 1. The van der Waals surface area contributed by atoms with Crippen LogP contribution in [0.4, 0.5) is 0 Å². The Labute approximate surface area is 111 Å². The molecule has 1 N–H and O–H groups in total. The lowest BCUT2D eigenvalue weighted by Gasteiger charge is -2.36. The van der Waals surface area contributed by atoms with Gasteiger partial charge in [-0.3, -0.25) is 0 Å². The van der Waals surface area contributed by atoms with Crippen LogP contribution in [0.2, 0.25) is 0 Å². The van der Waals surface area contributed by atoms with Crippen LogP contribution in [0.3, 0.4) is 0 Å². The Hall–Kier alpha value is -0.500. The van der Waals surface area contributed by atoms with Gasteiger partial charge < -0.3 is 10.1 Å². The maximum Gasteiger partial charge on any atom is 0.152 e. The molecule has 0 radical (unpaired) electrons. The van der Waals surface area contributed by atoms with Gasteiger partial charge >= 0.3 is 0 Å². The van der Waals surface area contributed by atoms with Crippen molar-refractivity contribution in [3.05, 3.63) is 16.6 Å². The molecule has 1 aromatic rings. The predicted octanol–water partition coefficient (Wildman–Crippen LogP) is 0.783. The fraction of sp³-hybridized carbons (Fsp3) is 0.727. The van der Waals surface area contributed by atoms with Gasteiger partial charge in [-0.2, -0.15) is 0 Å². The first-order valence-corrected chi connectivity index (χ1v) is 8.62. The maximum absolute atomic E-state index is 11.9. The van der Waals surface area contributed by atoms with Crippen molar-refractivity contribution in [2.75, 3.05) is 31.8 Å². The van der Waals surface area contributed by atoms with Gasteiger partial charge in [0, 0.05) is 25.2 Å². The summed E-state index contributed by atoms with van der Waals surface area (Å²) in [5.41, 5.74) is -0.524. The van der Waals surface area contributed by atoms with Gasteiger partial charge in [0.25, 0.3) is 0 Å². The van der Waals surface area contributed by atoms with Gasteiger partial charge in [0.05, 0.1) is 23.7 Å². The normalized spacial score (nSPS) is 27.2. The van der Waals surface area contributed by atoms with Crippen LogP contribution in [0.5, 0.6) is 0 Å². The molecule has 0 spiro atoms. The van der Waals surface area contributed by atoms with Crippen molar-refractivity contribution in [3.8, 4) is 0 Å². The lowest BCUT2D eigenvalue weighted by molar-refractivity contribution is 0.183. The van der Waals surface area contributed by atoms with E-state index in [4.69, 9.17) is 4.74 Å². The molecule has 1 aromatic heterocycles. The standard InChI is InChI=1S/C11H18N2O3S2/c1-16-6-4-13-11(10-12-5-7-17-10)3-2-8-18(14,15)9-11/h5,7,13H,2-4,6,8-9H2,1H3. The molecular weight excluding hydrogens is 272 g/mol. The number of hydrogen-bond donors (Lipinski definition) is 1. The molecule has 0 aromatic carbocycles. The topological polar surface area (TPSA) is 68.3 Å². The fourth-order valence-electron chi connectivity index (χ4n) is 2.35. The van der Waals surface area contributed by atoms with E-state index >= 15 is 0 Å². The summed E-state index contributed by atoms with van der Waals surface area (Å²) in [6, 6.07) is 0. The van der Waals surface area contributed by atoms with Crippen LogP contribution in [0.25, 0.3) is 0 Å². The van der Waals surface area contributed by atoms with Crippen molar-refractivity contribution in [2.45, 2.75) is 18.4 Å². The molecule has 18 heavy (non-hydrogen) atoms. The molecule has 0 aliphatic carbocycles. The highest BCUT2D eigenvalue weighted by atomic mass is 32.2. The molecule has 7 heteroatoms. The lowest BCUT2D eigenvalue weighted by Crippen LogP contribution is -2.51. The van der Waals surface area contributed by atoms with Crippen molar-refractivity contribution in [1.29, 1.82) is 0 Å². The van der Waals surface area contributed by atoms with Gasteiger partial charge in [-0.25, -0.2) is 13.4 Å². The highest BCUT2D eigenvalue weighted by Gasteiger charge is 2.41. The first kappa shape index (κ1) is 13.9. The van der Waals surface area contributed by atoms with E-state index < -0.39 is 15.4 Å². The zero-order valence-electron chi connectivity index (χ0n) is 10.4. The van der Waals surface area contributed by atoms with Crippen LogP contribution in [0.1, 0.15) is 17.8 Å². The Kier molecular flexibility index (Phi) is 4.37. The summed E-state index contributed by atoms with van der Waals surface area (Å²) >= 11 is 1.51. The van der Waals surface area contributed by atoms with E-state index in [9.17, 15) is 8.42 Å². The monoisotopic (exact) mass is 290 g/mol. The average Bonchev–Trinajstić information content (AvgIpc) is 2.82. The molecule has 102 valence electrons. The average molecular weight is 290 g/mol. The number of sulfone groups is 1. The molecule has 1 aliphatic rings. The van der Waals surface area contributed by atoms with E-state index in [1.807, 2.05) is 5.38 Å². The number of rotatable bonds is 5. The molecule has 1 atom stereocenters. The molecule has 0 amide bonds. The van der Waals surface area contributed by atoms with E-state index in [1.54, 1.807) is 13.3 Å². The van der Waals surface area contributed by atoms with E-state index in [2.05, 4.69) is 10.3 Å². The van der Waals surface area contributed by atoms with E-state index in [0.29, 0.717) is 19.6 Å². The zero-order valence-corrected chi connectivity index (χ0v) is 12.0. The predicted molar refractivity (Wildman–Crippen MR) is 71.6 cm³/mol. The minimum atomic E-state index is -2.99. The molecule has 1 fully saturated rings. The van der Waals surface area contributed by atoms with E-state index in [0.717, 1.165) is 11.4 Å². The maximum atomic E-state index is 11.9. The van der Waals surface area contributed by atoms with Gasteiger partial charge in [0.2, 0.25) is 0 Å².